The van der Waals surface area contributed by atoms with Crippen LogP contribution in [0.25, 0.3) is 0 Å². The molecule has 0 radical (unpaired) electrons. The molecule has 0 aromatic carbocycles. The summed E-state index contributed by atoms with van der Waals surface area (Å²) in [6.07, 6.45) is 0.851. The molecule has 1 rings (SSSR count). The molecule has 0 saturated carbocycles. The lowest BCUT2D eigenvalue weighted by Crippen LogP contribution is -2.30. The lowest BCUT2D eigenvalue weighted by Gasteiger charge is -2.27. The van der Waals surface area contributed by atoms with Crippen LogP contribution in [0, 0.1) is 0 Å². The Morgan fingerprint density at radius 3 is 2.39 bits per heavy atom. The van der Waals surface area contributed by atoms with E-state index in [1.165, 1.54) is 16.8 Å². The number of aromatic amines is 1. The maximum Gasteiger partial charge on any atom is 0.265 e. The minimum atomic E-state index is -0.234. The van der Waals surface area contributed by atoms with Crippen molar-refractivity contribution < 1.29 is 0 Å². The molecule has 1 heterocycles. The number of rotatable bonds is 7. The number of hydrogen-bond acceptors (Lipinski definition) is 4. The van der Waals surface area contributed by atoms with E-state index in [9.17, 15) is 9.59 Å². The van der Waals surface area contributed by atoms with Crippen molar-refractivity contribution in [1.29, 1.82) is 0 Å². The van der Waals surface area contributed by atoms with E-state index >= 15 is 0 Å². The third-order valence-electron chi connectivity index (χ3n) is 2.58. The maximum atomic E-state index is 11.6. The number of hydrogen-bond donors (Lipinski definition) is 1. The molecule has 1 N–H and O–H groups in total. The van der Waals surface area contributed by atoms with E-state index in [0.29, 0.717) is 6.54 Å². The number of aryl methyl sites for hydroxylation is 1. The normalized spacial score (nSPS) is 11.7. The lowest BCUT2D eigenvalue weighted by atomic mass is 10.3. The fraction of sp³-hybridized carbons (Fsp3) is 0.667. The Kier molecular flexibility index (Phi) is 6.08. The molecular formula is C12H20N2O2S2. The first-order valence-electron chi connectivity index (χ1n) is 6.09. The Hall–Kier alpha value is -0.620. The minimum absolute atomic E-state index is 0.0929. The van der Waals surface area contributed by atoms with Crippen LogP contribution < -0.4 is 11.1 Å². The zero-order valence-electron chi connectivity index (χ0n) is 11.1. The van der Waals surface area contributed by atoms with Gasteiger partial charge in [0, 0.05) is 18.7 Å². The summed E-state index contributed by atoms with van der Waals surface area (Å²) < 4.78 is 1.49. The first-order valence-corrected chi connectivity index (χ1v) is 8.06. The monoisotopic (exact) mass is 288 g/mol. The van der Waals surface area contributed by atoms with Gasteiger partial charge in [0.25, 0.3) is 11.1 Å². The molecule has 0 aliphatic carbocycles. The fourth-order valence-corrected chi connectivity index (χ4v) is 4.47. The molecule has 0 amide bonds. The molecule has 0 bridgehead atoms. The number of nitrogens with zero attached hydrogens (tertiary/aromatic N) is 1. The molecule has 102 valence electrons. The van der Waals surface area contributed by atoms with E-state index in [2.05, 4.69) is 25.9 Å². The van der Waals surface area contributed by atoms with Crippen LogP contribution in [0.1, 0.15) is 27.2 Å². The topological polar surface area (TPSA) is 54.9 Å². The van der Waals surface area contributed by atoms with Gasteiger partial charge in [0.15, 0.2) is 0 Å². The molecule has 0 spiro atoms. The van der Waals surface area contributed by atoms with Crippen LogP contribution >= 0.6 is 23.5 Å². The van der Waals surface area contributed by atoms with E-state index < -0.39 is 0 Å². The Bertz CT molecular complexity index is 475. The Morgan fingerprint density at radius 1 is 1.22 bits per heavy atom. The second-order valence-corrected chi connectivity index (χ2v) is 7.84. The quantitative estimate of drug-likeness (QED) is 0.781. The van der Waals surface area contributed by atoms with E-state index in [1.54, 1.807) is 0 Å². The van der Waals surface area contributed by atoms with Crippen molar-refractivity contribution in [2.45, 2.75) is 37.8 Å². The number of H-pyrrole nitrogens is 1. The molecule has 0 unspecified atom stereocenters. The van der Waals surface area contributed by atoms with Gasteiger partial charge in [0.1, 0.15) is 0 Å². The molecule has 1 aromatic heterocycles. The van der Waals surface area contributed by atoms with Gasteiger partial charge in [0.2, 0.25) is 0 Å². The van der Waals surface area contributed by atoms with Gasteiger partial charge in [-0.3, -0.25) is 19.4 Å². The SMILES string of the molecule is CCSC(C)(CCn1[nH]c(=O)ccc1=O)SCC. The summed E-state index contributed by atoms with van der Waals surface area (Å²) in [7, 11) is 0. The Balaban J connectivity index is 2.75. The van der Waals surface area contributed by atoms with Crippen LogP contribution in [0.5, 0.6) is 0 Å². The molecule has 18 heavy (non-hydrogen) atoms. The van der Waals surface area contributed by atoms with Gasteiger partial charge in [-0.05, 0) is 24.9 Å². The summed E-state index contributed by atoms with van der Waals surface area (Å²) >= 11 is 3.78. The molecular weight excluding hydrogens is 268 g/mol. The lowest BCUT2D eigenvalue weighted by molar-refractivity contribution is 0.530. The highest BCUT2D eigenvalue weighted by Crippen LogP contribution is 2.39. The summed E-state index contributed by atoms with van der Waals surface area (Å²) in [5.74, 6) is 2.09. The van der Waals surface area contributed by atoms with Crippen LogP contribution in [0.15, 0.2) is 21.7 Å². The van der Waals surface area contributed by atoms with Gasteiger partial charge in [-0.15, -0.1) is 23.5 Å². The van der Waals surface area contributed by atoms with Crippen molar-refractivity contribution in [1.82, 2.24) is 9.78 Å². The summed E-state index contributed by atoms with van der Waals surface area (Å²) in [6, 6.07) is 2.58. The predicted molar refractivity (Wildman–Crippen MR) is 80.6 cm³/mol. The highest BCUT2D eigenvalue weighted by molar-refractivity contribution is 8.18. The van der Waals surface area contributed by atoms with Crippen LogP contribution in [-0.2, 0) is 6.54 Å². The minimum Gasteiger partial charge on any atom is -0.268 e. The van der Waals surface area contributed by atoms with E-state index in [4.69, 9.17) is 0 Å². The second kappa shape index (κ2) is 7.09. The number of nitrogens with one attached hydrogen (secondary N) is 1. The third kappa shape index (κ3) is 4.57. The van der Waals surface area contributed by atoms with Crippen molar-refractivity contribution in [2.24, 2.45) is 0 Å². The molecule has 0 saturated heterocycles. The zero-order valence-corrected chi connectivity index (χ0v) is 12.7. The van der Waals surface area contributed by atoms with E-state index in [1.807, 2.05) is 23.5 Å². The first-order chi connectivity index (χ1) is 8.50. The highest BCUT2D eigenvalue weighted by Gasteiger charge is 2.23. The average molecular weight is 288 g/mol. The second-order valence-electron chi connectivity index (χ2n) is 4.05. The highest BCUT2D eigenvalue weighted by atomic mass is 32.2. The Labute approximate surface area is 116 Å². The molecule has 4 nitrogen and oxygen atoms in total. The van der Waals surface area contributed by atoms with Crippen molar-refractivity contribution in [3.8, 4) is 0 Å². The van der Waals surface area contributed by atoms with Crippen molar-refractivity contribution >= 4 is 23.5 Å². The first kappa shape index (κ1) is 15.4. The van der Waals surface area contributed by atoms with Crippen LogP contribution in [-0.4, -0.2) is 25.4 Å². The van der Waals surface area contributed by atoms with Gasteiger partial charge in [-0.25, -0.2) is 0 Å². The van der Waals surface area contributed by atoms with Gasteiger partial charge in [0.05, 0.1) is 4.08 Å². The third-order valence-corrected chi connectivity index (χ3v) is 5.49. The molecule has 1 aromatic rings. The zero-order chi connectivity index (χ0) is 13.6. The van der Waals surface area contributed by atoms with Crippen molar-refractivity contribution in [3.05, 3.63) is 32.8 Å². The summed E-state index contributed by atoms with van der Waals surface area (Å²) in [6.45, 7) is 7.01. The van der Waals surface area contributed by atoms with Crippen LogP contribution in [0.3, 0.4) is 0 Å². The number of thioether (sulfide) groups is 2. The van der Waals surface area contributed by atoms with Crippen molar-refractivity contribution in [2.75, 3.05) is 11.5 Å². The van der Waals surface area contributed by atoms with Crippen LogP contribution in [0.2, 0.25) is 0 Å². The predicted octanol–water partition coefficient (Wildman–Crippen LogP) is 2.15. The van der Waals surface area contributed by atoms with Crippen LogP contribution in [0.4, 0.5) is 0 Å². The largest absolute Gasteiger partial charge is 0.268 e. The fourth-order valence-electron chi connectivity index (χ4n) is 1.74. The molecule has 0 aliphatic heterocycles. The van der Waals surface area contributed by atoms with E-state index in [0.717, 1.165) is 17.9 Å². The number of aromatic nitrogens is 2. The van der Waals surface area contributed by atoms with Gasteiger partial charge < -0.3 is 0 Å². The maximum absolute atomic E-state index is 11.6. The summed E-state index contributed by atoms with van der Waals surface area (Å²) in [4.78, 5) is 22.8. The van der Waals surface area contributed by atoms with E-state index in [-0.39, 0.29) is 15.2 Å². The summed E-state index contributed by atoms with van der Waals surface area (Å²) in [5.41, 5.74) is -0.387. The summed E-state index contributed by atoms with van der Waals surface area (Å²) in [5, 5.41) is 2.56. The Morgan fingerprint density at radius 2 is 1.83 bits per heavy atom. The molecule has 0 fully saturated rings. The average Bonchev–Trinajstić information content (AvgIpc) is 2.31. The molecule has 0 aliphatic rings. The standard InChI is InChI=1S/C12H20N2O2S2/c1-4-17-12(3,18-5-2)8-9-14-11(16)7-6-10(15)13-14/h6-7H,4-5,8-9H2,1-3H3,(H,13,15). The van der Waals surface area contributed by atoms with Gasteiger partial charge in [-0.1, -0.05) is 13.8 Å². The van der Waals surface area contributed by atoms with Gasteiger partial charge in [-0.2, -0.15) is 0 Å². The molecule has 0 atom stereocenters. The smallest absolute Gasteiger partial charge is 0.265 e. The molecule has 6 heteroatoms. The van der Waals surface area contributed by atoms with Gasteiger partial charge >= 0.3 is 0 Å². The van der Waals surface area contributed by atoms with Crippen molar-refractivity contribution in [3.63, 3.8) is 0 Å².